The molecule has 0 atom stereocenters. The van der Waals surface area contributed by atoms with Crippen LogP contribution in [0.5, 0.6) is 0 Å². The van der Waals surface area contributed by atoms with Gasteiger partial charge in [0.1, 0.15) is 5.82 Å². The number of benzene rings is 1. The SMILES string of the molecule is CN=C(NCCCCn1ccnc1C)NCCc1c[nH]c2cccc(C)c12. The minimum atomic E-state index is 0.856. The third-order valence-corrected chi connectivity index (χ3v) is 4.95. The Balaban J connectivity index is 1.38. The topological polar surface area (TPSA) is 70.0 Å². The number of guanidine groups is 1. The second-order valence-corrected chi connectivity index (χ2v) is 6.86. The highest BCUT2D eigenvalue weighted by Gasteiger charge is 2.06. The van der Waals surface area contributed by atoms with Gasteiger partial charge in [-0.2, -0.15) is 0 Å². The van der Waals surface area contributed by atoms with Gasteiger partial charge in [-0.1, -0.05) is 12.1 Å². The molecule has 0 aliphatic heterocycles. The summed E-state index contributed by atoms with van der Waals surface area (Å²) in [6, 6.07) is 6.39. The van der Waals surface area contributed by atoms with Gasteiger partial charge in [0.2, 0.25) is 0 Å². The Morgan fingerprint density at radius 3 is 2.81 bits per heavy atom. The van der Waals surface area contributed by atoms with E-state index in [0.717, 1.165) is 50.7 Å². The van der Waals surface area contributed by atoms with Crippen LogP contribution < -0.4 is 10.6 Å². The van der Waals surface area contributed by atoms with Crippen LogP contribution in [0.4, 0.5) is 0 Å². The Morgan fingerprint density at radius 2 is 2.04 bits per heavy atom. The molecule has 0 aliphatic carbocycles. The molecule has 0 saturated carbocycles. The number of aryl methyl sites for hydroxylation is 3. The van der Waals surface area contributed by atoms with Crippen LogP contribution in [-0.4, -0.2) is 40.6 Å². The molecule has 3 rings (SSSR count). The van der Waals surface area contributed by atoms with Gasteiger partial charge in [-0.05, 0) is 50.3 Å². The Hall–Kier alpha value is -2.76. The van der Waals surface area contributed by atoms with Gasteiger partial charge in [-0.15, -0.1) is 0 Å². The molecule has 27 heavy (non-hydrogen) atoms. The number of nitrogens with one attached hydrogen (secondary N) is 3. The number of nitrogens with zero attached hydrogens (tertiary/aromatic N) is 3. The van der Waals surface area contributed by atoms with Crippen molar-refractivity contribution in [3.05, 3.63) is 53.7 Å². The van der Waals surface area contributed by atoms with E-state index in [1.165, 1.54) is 22.0 Å². The molecule has 0 fully saturated rings. The number of rotatable bonds is 8. The molecule has 6 heteroatoms. The highest BCUT2D eigenvalue weighted by Crippen LogP contribution is 2.22. The number of aromatic nitrogens is 3. The van der Waals surface area contributed by atoms with Crippen molar-refractivity contribution in [2.75, 3.05) is 20.1 Å². The maximum absolute atomic E-state index is 4.32. The first-order valence-electron chi connectivity index (χ1n) is 9.67. The number of aliphatic imine (C=N–C) groups is 1. The van der Waals surface area contributed by atoms with Crippen molar-refractivity contribution in [1.29, 1.82) is 0 Å². The summed E-state index contributed by atoms with van der Waals surface area (Å²) in [7, 11) is 1.82. The lowest BCUT2D eigenvalue weighted by atomic mass is 10.1. The Kier molecular flexibility index (Phi) is 6.52. The zero-order valence-corrected chi connectivity index (χ0v) is 16.5. The number of imidazole rings is 1. The number of unbranched alkanes of at least 4 members (excludes halogenated alkanes) is 1. The van der Waals surface area contributed by atoms with Crippen LogP contribution in [0.2, 0.25) is 0 Å². The number of hydrogen-bond donors (Lipinski definition) is 3. The van der Waals surface area contributed by atoms with Crippen molar-refractivity contribution in [3.63, 3.8) is 0 Å². The maximum atomic E-state index is 4.32. The summed E-state index contributed by atoms with van der Waals surface area (Å²) in [6.07, 6.45) is 9.19. The van der Waals surface area contributed by atoms with Crippen LogP contribution >= 0.6 is 0 Å². The second-order valence-electron chi connectivity index (χ2n) is 6.86. The van der Waals surface area contributed by atoms with Crippen molar-refractivity contribution >= 4 is 16.9 Å². The zero-order chi connectivity index (χ0) is 19.1. The summed E-state index contributed by atoms with van der Waals surface area (Å²) >= 11 is 0. The van der Waals surface area contributed by atoms with E-state index in [0.29, 0.717) is 0 Å². The smallest absolute Gasteiger partial charge is 0.190 e. The Bertz CT molecular complexity index is 889. The standard InChI is InChI=1S/C21H30N6/c1-16-7-6-8-19-20(16)18(15-26-19)9-11-25-21(22-3)24-10-4-5-13-27-14-12-23-17(27)2/h6-8,12,14-15,26H,4-5,9-11,13H2,1-3H3,(H2,22,24,25). The molecule has 2 aromatic heterocycles. The Labute approximate surface area is 161 Å². The lowest BCUT2D eigenvalue weighted by Crippen LogP contribution is -2.38. The molecule has 6 nitrogen and oxygen atoms in total. The summed E-state index contributed by atoms with van der Waals surface area (Å²) < 4.78 is 2.19. The molecular formula is C21H30N6. The normalized spacial score (nSPS) is 11.9. The number of hydrogen-bond acceptors (Lipinski definition) is 2. The van der Waals surface area contributed by atoms with Crippen LogP contribution in [0, 0.1) is 13.8 Å². The van der Waals surface area contributed by atoms with E-state index in [2.05, 4.69) is 61.5 Å². The van der Waals surface area contributed by atoms with Crippen LogP contribution in [-0.2, 0) is 13.0 Å². The van der Waals surface area contributed by atoms with Crippen LogP contribution in [0.25, 0.3) is 10.9 Å². The third kappa shape index (κ3) is 4.90. The Morgan fingerprint density at radius 1 is 1.19 bits per heavy atom. The molecule has 0 saturated heterocycles. The van der Waals surface area contributed by atoms with E-state index >= 15 is 0 Å². The zero-order valence-electron chi connectivity index (χ0n) is 16.5. The van der Waals surface area contributed by atoms with E-state index in [1.807, 2.05) is 26.4 Å². The molecular weight excluding hydrogens is 336 g/mol. The summed E-state index contributed by atoms with van der Waals surface area (Å²) in [4.78, 5) is 11.9. The van der Waals surface area contributed by atoms with E-state index in [1.54, 1.807) is 0 Å². The number of fused-ring (bicyclic) bond motifs is 1. The minimum absolute atomic E-state index is 0.856. The summed E-state index contributed by atoms with van der Waals surface area (Å²) in [5.74, 6) is 1.94. The lowest BCUT2D eigenvalue weighted by molar-refractivity contribution is 0.588. The van der Waals surface area contributed by atoms with Gasteiger partial charge in [-0.3, -0.25) is 4.99 Å². The van der Waals surface area contributed by atoms with Crippen LogP contribution in [0.15, 0.2) is 41.8 Å². The van der Waals surface area contributed by atoms with E-state index in [4.69, 9.17) is 0 Å². The molecule has 3 N–H and O–H groups in total. The van der Waals surface area contributed by atoms with Crippen molar-refractivity contribution in [2.45, 2.75) is 39.7 Å². The van der Waals surface area contributed by atoms with Crippen molar-refractivity contribution < 1.29 is 0 Å². The summed E-state index contributed by atoms with van der Waals surface area (Å²) in [5, 5.41) is 8.16. The number of H-pyrrole nitrogens is 1. The largest absolute Gasteiger partial charge is 0.361 e. The molecule has 0 radical (unpaired) electrons. The predicted octanol–water partition coefficient (Wildman–Crippen LogP) is 3.17. The predicted molar refractivity (Wildman–Crippen MR) is 112 cm³/mol. The number of aromatic amines is 1. The third-order valence-electron chi connectivity index (χ3n) is 4.95. The summed E-state index contributed by atoms with van der Waals surface area (Å²) in [6.45, 7) is 6.99. The van der Waals surface area contributed by atoms with Crippen molar-refractivity contribution in [1.82, 2.24) is 25.2 Å². The van der Waals surface area contributed by atoms with Crippen LogP contribution in [0.3, 0.4) is 0 Å². The van der Waals surface area contributed by atoms with Gasteiger partial charge in [0.25, 0.3) is 0 Å². The van der Waals surface area contributed by atoms with Crippen LogP contribution in [0.1, 0.15) is 29.8 Å². The molecule has 144 valence electrons. The average molecular weight is 367 g/mol. The fraction of sp³-hybridized carbons (Fsp3) is 0.429. The molecule has 0 aliphatic rings. The lowest BCUT2D eigenvalue weighted by Gasteiger charge is -2.12. The van der Waals surface area contributed by atoms with Crippen molar-refractivity contribution in [2.24, 2.45) is 4.99 Å². The first kappa shape index (κ1) is 19.0. The van der Waals surface area contributed by atoms with Crippen molar-refractivity contribution in [3.8, 4) is 0 Å². The summed E-state index contributed by atoms with van der Waals surface area (Å²) in [5.41, 5.74) is 3.88. The second kappa shape index (κ2) is 9.26. The van der Waals surface area contributed by atoms with Gasteiger partial charge >= 0.3 is 0 Å². The molecule has 0 unspecified atom stereocenters. The highest BCUT2D eigenvalue weighted by atomic mass is 15.2. The fourth-order valence-corrected chi connectivity index (χ4v) is 3.44. The minimum Gasteiger partial charge on any atom is -0.361 e. The van der Waals surface area contributed by atoms with Gasteiger partial charge in [0.15, 0.2) is 5.96 Å². The van der Waals surface area contributed by atoms with E-state index < -0.39 is 0 Å². The first-order valence-corrected chi connectivity index (χ1v) is 9.67. The maximum Gasteiger partial charge on any atom is 0.190 e. The molecule has 0 bridgehead atoms. The van der Waals surface area contributed by atoms with E-state index in [-0.39, 0.29) is 0 Å². The molecule has 2 heterocycles. The molecule has 0 spiro atoms. The quantitative estimate of drug-likeness (QED) is 0.326. The molecule has 0 amide bonds. The van der Waals surface area contributed by atoms with Gasteiger partial charge in [0, 0.05) is 56.2 Å². The average Bonchev–Trinajstić information content (AvgIpc) is 3.27. The van der Waals surface area contributed by atoms with Gasteiger partial charge < -0.3 is 20.2 Å². The highest BCUT2D eigenvalue weighted by molar-refractivity contribution is 5.86. The monoisotopic (exact) mass is 366 g/mol. The molecule has 1 aromatic carbocycles. The fourth-order valence-electron chi connectivity index (χ4n) is 3.44. The van der Waals surface area contributed by atoms with Gasteiger partial charge in [0.05, 0.1) is 0 Å². The van der Waals surface area contributed by atoms with E-state index in [9.17, 15) is 0 Å². The first-order chi connectivity index (χ1) is 13.2. The molecule has 3 aromatic rings. The van der Waals surface area contributed by atoms with Gasteiger partial charge in [-0.25, -0.2) is 4.98 Å².